The first-order valence-electron chi connectivity index (χ1n) is 4.86. The van der Waals surface area contributed by atoms with Gasteiger partial charge in [-0.2, -0.15) is 11.8 Å². The van der Waals surface area contributed by atoms with Gasteiger partial charge in [-0.1, -0.05) is 6.07 Å². The van der Waals surface area contributed by atoms with Crippen LogP contribution in [-0.2, 0) is 0 Å². The Labute approximate surface area is 102 Å². The number of carbonyl (C=O) groups excluding carboxylic acids is 1. The van der Waals surface area contributed by atoms with E-state index >= 15 is 0 Å². The summed E-state index contributed by atoms with van der Waals surface area (Å²) in [4.78, 5) is 12.1. The number of rotatable bonds is 2. The number of nitrogens with two attached hydrogens (primary N) is 1. The summed E-state index contributed by atoms with van der Waals surface area (Å²) in [5.74, 6) is 2.38. The molecule has 1 aromatic carbocycles. The van der Waals surface area contributed by atoms with Crippen LogP contribution in [0.5, 0.6) is 0 Å². The molecule has 1 heterocycles. The molecule has 0 bridgehead atoms. The molecule has 0 radical (unpaired) electrons. The third kappa shape index (κ3) is 2.21. The number of thioether (sulfide) groups is 1. The van der Waals surface area contributed by atoms with E-state index in [9.17, 15) is 4.79 Å². The Morgan fingerprint density at radius 2 is 2.33 bits per heavy atom. The smallest absolute Gasteiger partial charge is 0.168 e. The van der Waals surface area contributed by atoms with Gasteiger partial charge in [0.05, 0.1) is 5.69 Å². The van der Waals surface area contributed by atoms with Gasteiger partial charge in [-0.25, -0.2) is 0 Å². The van der Waals surface area contributed by atoms with E-state index < -0.39 is 0 Å². The highest BCUT2D eigenvalue weighted by atomic mass is 79.9. The average Bonchev–Trinajstić information content (AvgIpc) is 2.74. The van der Waals surface area contributed by atoms with E-state index in [1.54, 1.807) is 0 Å². The standard InChI is InChI=1S/C11H12BrNOS/c12-9-3-1-2-8(10(9)13)11(14)7-4-5-15-6-7/h1-3,7H,4-6,13H2. The van der Waals surface area contributed by atoms with Crippen LogP contribution >= 0.6 is 27.7 Å². The second kappa shape index (κ2) is 4.58. The van der Waals surface area contributed by atoms with Gasteiger partial charge in [0, 0.05) is 21.7 Å². The third-order valence-corrected chi connectivity index (χ3v) is 4.47. The molecule has 2 N–H and O–H groups in total. The van der Waals surface area contributed by atoms with Gasteiger partial charge >= 0.3 is 0 Å². The van der Waals surface area contributed by atoms with Crippen molar-refractivity contribution in [2.24, 2.45) is 5.92 Å². The zero-order valence-electron chi connectivity index (χ0n) is 8.20. The van der Waals surface area contributed by atoms with E-state index in [0.29, 0.717) is 11.3 Å². The van der Waals surface area contributed by atoms with Gasteiger partial charge in [0.15, 0.2) is 5.78 Å². The lowest BCUT2D eigenvalue weighted by atomic mass is 9.96. The van der Waals surface area contributed by atoms with Crippen LogP contribution < -0.4 is 5.73 Å². The molecule has 1 aliphatic heterocycles. The summed E-state index contributed by atoms with van der Waals surface area (Å²) in [5, 5.41) is 0. The van der Waals surface area contributed by atoms with Gasteiger partial charge in [0.2, 0.25) is 0 Å². The molecule has 15 heavy (non-hydrogen) atoms. The molecule has 0 amide bonds. The number of hydrogen-bond acceptors (Lipinski definition) is 3. The fourth-order valence-corrected chi connectivity index (χ4v) is 3.30. The number of Topliss-reactive ketones (excluding diaryl/α,β-unsaturated/α-hetero) is 1. The van der Waals surface area contributed by atoms with Crippen LogP contribution in [-0.4, -0.2) is 17.3 Å². The number of carbonyl (C=O) groups is 1. The number of benzene rings is 1. The molecule has 2 rings (SSSR count). The summed E-state index contributed by atoms with van der Waals surface area (Å²) >= 11 is 5.18. The van der Waals surface area contributed by atoms with Crippen LogP contribution in [0.3, 0.4) is 0 Å². The summed E-state index contributed by atoms with van der Waals surface area (Å²) in [6, 6.07) is 5.52. The van der Waals surface area contributed by atoms with Crippen molar-refractivity contribution in [3.05, 3.63) is 28.2 Å². The molecule has 4 heteroatoms. The molecule has 1 saturated heterocycles. The molecule has 0 saturated carbocycles. The van der Waals surface area contributed by atoms with Crippen molar-refractivity contribution < 1.29 is 4.79 Å². The maximum Gasteiger partial charge on any atom is 0.168 e. The molecule has 1 atom stereocenters. The topological polar surface area (TPSA) is 43.1 Å². The van der Waals surface area contributed by atoms with Crippen LogP contribution in [0.2, 0.25) is 0 Å². The molecule has 80 valence electrons. The normalized spacial score (nSPS) is 20.5. The molecule has 1 aromatic rings. The van der Waals surface area contributed by atoms with Crippen LogP contribution in [0.15, 0.2) is 22.7 Å². The van der Waals surface area contributed by atoms with Crippen molar-refractivity contribution in [3.8, 4) is 0 Å². The van der Waals surface area contributed by atoms with Gasteiger partial charge in [0.1, 0.15) is 0 Å². The van der Waals surface area contributed by atoms with Gasteiger partial charge in [0.25, 0.3) is 0 Å². The summed E-state index contributed by atoms with van der Waals surface area (Å²) in [7, 11) is 0. The molecule has 0 spiro atoms. The molecule has 0 aromatic heterocycles. The number of hydrogen-bond donors (Lipinski definition) is 1. The maximum atomic E-state index is 12.1. The van der Waals surface area contributed by atoms with E-state index in [4.69, 9.17) is 5.73 Å². The van der Waals surface area contributed by atoms with Gasteiger partial charge < -0.3 is 5.73 Å². The molecular weight excluding hydrogens is 274 g/mol. The minimum atomic E-state index is 0.159. The molecule has 1 fully saturated rings. The van der Waals surface area contributed by atoms with Gasteiger partial charge in [-0.3, -0.25) is 4.79 Å². The highest BCUT2D eigenvalue weighted by Crippen LogP contribution is 2.30. The van der Waals surface area contributed by atoms with Crippen molar-refractivity contribution in [2.45, 2.75) is 6.42 Å². The first-order valence-corrected chi connectivity index (χ1v) is 6.81. The molecule has 1 aliphatic rings. The van der Waals surface area contributed by atoms with E-state index in [1.165, 1.54) is 0 Å². The number of halogens is 1. The van der Waals surface area contributed by atoms with Crippen molar-refractivity contribution in [1.29, 1.82) is 0 Å². The lowest BCUT2D eigenvalue weighted by Gasteiger charge is -2.10. The minimum absolute atomic E-state index is 0.159. The highest BCUT2D eigenvalue weighted by molar-refractivity contribution is 9.10. The Kier molecular flexibility index (Phi) is 3.36. The first kappa shape index (κ1) is 11.0. The monoisotopic (exact) mass is 285 g/mol. The Bertz CT molecular complexity index is 388. The zero-order chi connectivity index (χ0) is 10.8. The minimum Gasteiger partial charge on any atom is -0.397 e. The van der Waals surface area contributed by atoms with E-state index in [0.717, 1.165) is 22.4 Å². The summed E-state index contributed by atoms with van der Waals surface area (Å²) in [6.07, 6.45) is 0.982. The Hall–Kier alpha value is -0.480. The second-order valence-electron chi connectivity index (χ2n) is 3.63. The lowest BCUT2D eigenvalue weighted by Crippen LogP contribution is -2.15. The van der Waals surface area contributed by atoms with Crippen LogP contribution in [0.4, 0.5) is 5.69 Å². The highest BCUT2D eigenvalue weighted by Gasteiger charge is 2.25. The van der Waals surface area contributed by atoms with Crippen LogP contribution in [0.1, 0.15) is 16.8 Å². The van der Waals surface area contributed by atoms with Crippen molar-refractivity contribution in [2.75, 3.05) is 17.2 Å². The Morgan fingerprint density at radius 1 is 1.53 bits per heavy atom. The largest absolute Gasteiger partial charge is 0.397 e. The number of para-hydroxylation sites is 1. The van der Waals surface area contributed by atoms with Gasteiger partial charge in [-0.15, -0.1) is 0 Å². The number of ketones is 1. The molecule has 1 unspecified atom stereocenters. The van der Waals surface area contributed by atoms with Gasteiger partial charge in [-0.05, 0) is 40.2 Å². The molecule has 2 nitrogen and oxygen atoms in total. The molecular formula is C11H12BrNOS. The first-order chi connectivity index (χ1) is 7.20. The lowest BCUT2D eigenvalue weighted by molar-refractivity contribution is 0.0934. The fraction of sp³-hybridized carbons (Fsp3) is 0.364. The zero-order valence-corrected chi connectivity index (χ0v) is 10.6. The second-order valence-corrected chi connectivity index (χ2v) is 5.63. The summed E-state index contributed by atoms with van der Waals surface area (Å²) < 4.78 is 0.805. The number of nitrogen functional groups attached to an aromatic ring is 1. The summed E-state index contributed by atoms with van der Waals surface area (Å²) in [6.45, 7) is 0. The van der Waals surface area contributed by atoms with Crippen LogP contribution in [0.25, 0.3) is 0 Å². The van der Waals surface area contributed by atoms with E-state index in [1.807, 2.05) is 30.0 Å². The Balaban J connectivity index is 2.28. The van der Waals surface area contributed by atoms with Crippen LogP contribution in [0, 0.1) is 5.92 Å². The van der Waals surface area contributed by atoms with E-state index in [2.05, 4.69) is 15.9 Å². The molecule has 0 aliphatic carbocycles. The Morgan fingerprint density at radius 3 is 3.00 bits per heavy atom. The third-order valence-electron chi connectivity index (χ3n) is 2.62. The number of anilines is 1. The van der Waals surface area contributed by atoms with Crippen molar-refractivity contribution in [1.82, 2.24) is 0 Å². The van der Waals surface area contributed by atoms with E-state index in [-0.39, 0.29) is 11.7 Å². The van der Waals surface area contributed by atoms with Crippen molar-refractivity contribution in [3.63, 3.8) is 0 Å². The fourth-order valence-electron chi connectivity index (χ4n) is 1.71. The van der Waals surface area contributed by atoms with Crippen molar-refractivity contribution >= 4 is 39.2 Å². The predicted octanol–water partition coefficient (Wildman–Crippen LogP) is 2.97. The average molecular weight is 286 g/mol. The quantitative estimate of drug-likeness (QED) is 0.671. The summed E-state index contributed by atoms with van der Waals surface area (Å²) in [5.41, 5.74) is 7.11. The predicted molar refractivity (Wildman–Crippen MR) is 68.3 cm³/mol. The SMILES string of the molecule is Nc1c(Br)cccc1C(=O)C1CCSC1. The maximum absolute atomic E-state index is 12.1.